The lowest BCUT2D eigenvalue weighted by Crippen LogP contribution is -2.62. The number of aromatic amines is 1. The fourth-order valence-electron chi connectivity index (χ4n) is 5.20. The molecular formula is C25H20N4O4S. The van der Waals surface area contributed by atoms with E-state index in [1.54, 1.807) is 33.3 Å². The second-order valence-electron chi connectivity index (χ2n) is 8.61. The molecule has 6 rings (SSSR count). The zero-order chi connectivity index (χ0) is 23.4. The zero-order valence-electron chi connectivity index (χ0n) is 18.0. The topological polar surface area (TPSA) is 99.5 Å². The van der Waals surface area contributed by atoms with E-state index in [9.17, 15) is 19.7 Å². The number of nitrogens with one attached hydrogen (secondary N) is 1. The van der Waals surface area contributed by atoms with Gasteiger partial charge in [-0.05, 0) is 28.6 Å². The third-order valence-corrected chi connectivity index (χ3v) is 7.53. The van der Waals surface area contributed by atoms with Gasteiger partial charge in [-0.3, -0.25) is 19.7 Å². The number of carbonyl (C=O) groups excluding carboxylic acids is 2. The maximum atomic E-state index is 13.7. The molecule has 170 valence electrons. The van der Waals surface area contributed by atoms with Gasteiger partial charge in [0, 0.05) is 40.0 Å². The van der Waals surface area contributed by atoms with Crippen LogP contribution in [0.5, 0.6) is 0 Å². The van der Waals surface area contributed by atoms with Crippen molar-refractivity contribution >= 4 is 39.7 Å². The molecule has 0 spiro atoms. The van der Waals surface area contributed by atoms with Crippen molar-refractivity contribution in [2.45, 2.75) is 25.0 Å². The number of non-ortho nitro benzene ring substituents is 1. The molecule has 1 saturated heterocycles. The van der Waals surface area contributed by atoms with Gasteiger partial charge < -0.3 is 14.8 Å². The van der Waals surface area contributed by atoms with Gasteiger partial charge >= 0.3 is 0 Å². The van der Waals surface area contributed by atoms with Crippen LogP contribution in [0.25, 0.3) is 10.9 Å². The fourth-order valence-corrected chi connectivity index (χ4v) is 5.92. The van der Waals surface area contributed by atoms with Crippen molar-refractivity contribution < 1.29 is 14.5 Å². The number of amides is 2. The van der Waals surface area contributed by atoms with E-state index in [0.29, 0.717) is 18.5 Å². The Kier molecular flexibility index (Phi) is 4.73. The van der Waals surface area contributed by atoms with Crippen molar-refractivity contribution in [3.8, 4) is 0 Å². The first-order chi connectivity index (χ1) is 16.5. The summed E-state index contributed by atoms with van der Waals surface area (Å²) in [4.78, 5) is 45.9. The molecule has 0 unspecified atom stereocenters. The average molecular weight is 473 g/mol. The predicted octanol–water partition coefficient (Wildman–Crippen LogP) is 4.02. The Morgan fingerprint density at radius 1 is 1.09 bits per heavy atom. The molecular weight excluding hydrogens is 452 g/mol. The van der Waals surface area contributed by atoms with Crippen LogP contribution in [0.3, 0.4) is 0 Å². The summed E-state index contributed by atoms with van der Waals surface area (Å²) >= 11 is 1.56. The van der Waals surface area contributed by atoms with Gasteiger partial charge in [0.15, 0.2) is 0 Å². The number of thiophene rings is 1. The molecule has 1 N–H and O–H groups in total. The molecule has 2 amide bonds. The summed E-state index contributed by atoms with van der Waals surface area (Å²) in [5, 5.41) is 14.4. The molecule has 2 aromatic carbocycles. The highest BCUT2D eigenvalue weighted by molar-refractivity contribution is 7.09. The minimum atomic E-state index is -0.669. The number of para-hydroxylation sites is 1. The number of hydrogen-bond acceptors (Lipinski definition) is 5. The number of carbonyl (C=O) groups is 2. The number of benzene rings is 2. The second-order valence-corrected chi connectivity index (χ2v) is 9.64. The first-order valence-corrected chi connectivity index (χ1v) is 11.9. The highest BCUT2D eigenvalue weighted by atomic mass is 32.1. The molecule has 8 nitrogen and oxygen atoms in total. The number of fused-ring (bicyclic) bond motifs is 4. The van der Waals surface area contributed by atoms with E-state index in [4.69, 9.17) is 0 Å². The Morgan fingerprint density at radius 3 is 2.74 bits per heavy atom. The first kappa shape index (κ1) is 20.6. The maximum Gasteiger partial charge on any atom is 0.269 e. The molecule has 0 saturated carbocycles. The first-order valence-electron chi connectivity index (χ1n) is 11.0. The van der Waals surface area contributed by atoms with E-state index in [1.807, 2.05) is 41.8 Å². The van der Waals surface area contributed by atoms with Gasteiger partial charge in [-0.1, -0.05) is 36.4 Å². The molecule has 4 aromatic rings. The minimum absolute atomic E-state index is 0.0196. The van der Waals surface area contributed by atoms with E-state index < -0.39 is 17.0 Å². The molecule has 0 aliphatic carbocycles. The fraction of sp³-hybridized carbons (Fsp3) is 0.200. The largest absolute Gasteiger partial charge is 0.356 e. The van der Waals surface area contributed by atoms with Crippen LogP contribution in [-0.4, -0.2) is 44.1 Å². The number of H-pyrrole nitrogens is 1. The Morgan fingerprint density at radius 2 is 1.94 bits per heavy atom. The SMILES string of the molecule is O=C1[C@@H]2Cc3c([nH]c4ccccc34)[C@@H](c3cccc([N+](=O)[O-])c3)N2C(=O)CN1Cc1cccs1. The van der Waals surface area contributed by atoms with Gasteiger partial charge in [0.25, 0.3) is 5.69 Å². The number of nitrogens with zero attached hydrogens (tertiary/aromatic N) is 3. The van der Waals surface area contributed by atoms with Crippen LogP contribution in [0.1, 0.15) is 27.7 Å². The summed E-state index contributed by atoms with van der Waals surface area (Å²) in [7, 11) is 0. The van der Waals surface area contributed by atoms with Crippen LogP contribution in [-0.2, 0) is 22.6 Å². The van der Waals surface area contributed by atoms with Crippen LogP contribution in [0.2, 0.25) is 0 Å². The maximum absolute atomic E-state index is 13.7. The number of piperazine rings is 1. The smallest absolute Gasteiger partial charge is 0.269 e. The van der Waals surface area contributed by atoms with Gasteiger partial charge in [0.2, 0.25) is 11.8 Å². The monoisotopic (exact) mass is 472 g/mol. The Labute approximate surface area is 198 Å². The number of rotatable bonds is 4. The number of nitro groups is 1. The van der Waals surface area contributed by atoms with E-state index >= 15 is 0 Å². The number of aromatic nitrogens is 1. The highest BCUT2D eigenvalue weighted by Gasteiger charge is 2.48. The molecule has 4 heterocycles. The van der Waals surface area contributed by atoms with Crippen molar-refractivity contribution in [1.29, 1.82) is 0 Å². The highest BCUT2D eigenvalue weighted by Crippen LogP contribution is 2.43. The molecule has 2 aliphatic rings. The van der Waals surface area contributed by atoms with Crippen molar-refractivity contribution in [2.75, 3.05) is 6.54 Å². The molecule has 0 bridgehead atoms. The third-order valence-electron chi connectivity index (χ3n) is 6.67. The number of nitro benzene ring substituents is 1. The summed E-state index contributed by atoms with van der Waals surface area (Å²) in [5.74, 6) is -0.263. The van der Waals surface area contributed by atoms with Crippen LogP contribution >= 0.6 is 11.3 Å². The molecule has 9 heteroatoms. The van der Waals surface area contributed by atoms with Crippen LogP contribution < -0.4 is 0 Å². The third kappa shape index (κ3) is 3.19. The Balaban J connectivity index is 1.49. The molecule has 1 fully saturated rings. The minimum Gasteiger partial charge on any atom is -0.356 e. The van der Waals surface area contributed by atoms with Crippen molar-refractivity contribution in [2.24, 2.45) is 0 Å². The van der Waals surface area contributed by atoms with E-state index in [2.05, 4.69) is 4.98 Å². The molecule has 2 aromatic heterocycles. The molecule has 0 radical (unpaired) electrons. The van der Waals surface area contributed by atoms with Crippen molar-refractivity contribution in [1.82, 2.24) is 14.8 Å². The van der Waals surface area contributed by atoms with E-state index in [0.717, 1.165) is 27.0 Å². The summed E-state index contributed by atoms with van der Waals surface area (Å²) in [6.45, 7) is 0.378. The quantitative estimate of drug-likeness (QED) is 0.358. The van der Waals surface area contributed by atoms with E-state index in [-0.39, 0.29) is 24.0 Å². The second kappa shape index (κ2) is 7.81. The lowest BCUT2D eigenvalue weighted by atomic mass is 9.86. The van der Waals surface area contributed by atoms with Gasteiger partial charge in [0.1, 0.15) is 12.6 Å². The predicted molar refractivity (Wildman–Crippen MR) is 127 cm³/mol. The van der Waals surface area contributed by atoms with Gasteiger partial charge in [-0.15, -0.1) is 11.3 Å². The molecule has 2 aliphatic heterocycles. The standard InChI is InChI=1S/C25H20N4O4S/c30-22-14-27(13-17-7-4-10-34-17)25(31)21-12-19-18-8-1-2-9-20(18)26-23(19)24(28(21)22)15-5-3-6-16(11-15)29(32)33/h1-11,21,24,26H,12-14H2/t21-,24+/m0/s1. The number of hydrogen-bond donors (Lipinski definition) is 1. The van der Waals surface area contributed by atoms with Crippen LogP contribution in [0.15, 0.2) is 66.0 Å². The average Bonchev–Trinajstić information content (AvgIpc) is 3.48. The lowest BCUT2D eigenvalue weighted by Gasteiger charge is -2.47. The Hall–Kier alpha value is -3.98. The molecule has 2 atom stereocenters. The van der Waals surface area contributed by atoms with Crippen molar-refractivity contribution in [3.63, 3.8) is 0 Å². The summed E-state index contributed by atoms with van der Waals surface area (Å²) in [6, 6.07) is 16.8. The van der Waals surface area contributed by atoms with Gasteiger partial charge in [-0.2, -0.15) is 0 Å². The zero-order valence-corrected chi connectivity index (χ0v) is 18.8. The summed E-state index contributed by atoms with van der Waals surface area (Å²) < 4.78 is 0. The van der Waals surface area contributed by atoms with Crippen molar-refractivity contribution in [3.05, 3.63) is 97.9 Å². The van der Waals surface area contributed by atoms with Gasteiger partial charge in [-0.25, -0.2) is 0 Å². The summed E-state index contributed by atoms with van der Waals surface area (Å²) in [5.41, 5.74) is 3.27. The Bertz CT molecular complexity index is 1440. The normalized spacial score (nSPS) is 19.9. The van der Waals surface area contributed by atoms with Gasteiger partial charge in [0.05, 0.1) is 17.5 Å². The molecule has 34 heavy (non-hydrogen) atoms. The van der Waals surface area contributed by atoms with Crippen LogP contribution in [0, 0.1) is 10.1 Å². The lowest BCUT2D eigenvalue weighted by molar-refractivity contribution is -0.384. The van der Waals surface area contributed by atoms with E-state index in [1.165, 1.54) is 12.1 Å². The summed E-state index contributed by atoms with van der Waals surface area (Å²) in [6.07, 6.45) is 0.399. The van der Waals surface area contributed by atoms with Crippen LogP contribution in [0.4, 0.5) is 5.69 Å².